The summed E-state index contributed by atoms with van der Waals surface area (Å²) in [5, 5.41) is 72.5. The minimum absolute atomic E-state index is 0.0130. The minimum Gasteiger partial charge on any atom is -0.505 e. The highest BCUT2D eigenvalue weighted by molar-refractivity contribution is 14.1. The second-order valence-electron chi connectivity index (χ2n) is 26.1. The first kappa shape index (κ1) is 87.1. The number of thiophene rings is 3. The average molecular weight is 1830 g/mol. The lowest BCUT2D eigenvalue weighted by Crippen LogP contribution is -2.34. The molecule has 0 saturated heterocycles. The summed E-state index contributed by atoms with van der Waals surface area (Å²) in [6.07, 6.45) is 1.97. The van der Waals surface area contributed by atoms with E-state index in [1.54, 1.807) is 53.2 Å². The van der Waals surface area contributed by atoms with Crippen molar-refractivity contribution in [3.63, 3.8) is 0 Å². The number of rotatable bonds is 25. The van der Waals surface area contributed by atoms with Gasteiger partial charge in [0.05, 0.1) is 49.0 Å². The lowest BCUT2D eigenvalue weighted by molar-refractivity contribution is 0.443. The van der Waals surface area contributed by atoms with Crippen LogP contribution in [-0.2, 0) is 79.8 Å². The number of hydrogen-bond donors (Lipinski definition) is 12. The van der Waals surface area contributed by atoms with E-state index in [2.05, 4.69) is 59.6 Å². The first-order chi connectivity index (χ1) is 52.5. The largest absolute Gasteiger partial charge is 0.505 e. The molecule has 0 saturated carbocycles. The Labute approximate surface area is 670 Å². The second-order valence-corrected chi connectivity index (χ2v) is 40.2. The monoisotopic (exact) mass is 1830 g/mol. The van der Waals surface area contributed by atoms with Crippen LogP contribution in [0.3, 0.4) is 0 Å². The van der Waals surface area contributed by atoms with Gasteiger partial charge in [0.15, 0.2) is 34.8 Å². The number of nitrogens with one attached hydrogen (secondary N) is 5. The summed E-state index contributed by atoms with van der Waals surface area (Å²) < 4.78 is 162. The molecular weight excluding hydrogens is 1750 g/mol. The van der Waals surface area contributed by atoms with E-state index in [9.17, 15) is 80.2 Å². The van der Waals surface area contributed by atoms with Crippen LogP contribution in [0.25, 0.3) is 31.7 Å². The summed E-state index contributed by atoms with van der Waals surface area (Å²) in [5.74, 6) is -2.19. The smallest absolute Gasteiger partial charge is 0.286 e. The predicted octanol–water partition coefficient (Wildman–Crippen LogP) is 6.09. The van der Waals surface area contributed by atoms with Crippen LogP contribution in [0.4, 0.5) is 28.4 Å². The fourth-order valence-electron chi connectivity index (χ4n) is 10.5. The van der Waals surface area contributed by atoms with Gasteiger partial charge in [-0.15, -0.1) is 47.2 Å². The average Bonchev–Trinajstić information content (AvgIpc) is 0.770. The molecule has 9 heterocycles. The molecule has 46 heteroatoms. The summed E-state index contributed by atoms with van der Waals surface area (Å²) in [7, 11) is -23.5. The van der Waals surface area contributed by atoms with E-state index in [4.69, 9.17) is 16.6 Å². The molecule has 0 spiro atoms. The number of benzene rings is 3. The fraction of sp³-hybridized carbons (Fsp3) is 0.318. The van der Waals surface area contributed by atoms with Gasteiger partial charge in [-0.1, -0.05) is 59.7 Å². The number of nitrogens with two attached hydrogens (primary N) is 4. The normalized spacial score (nSPS) is 14.5. The molecular formula is C66H79IN18O18S9. The van der Waals surface area contributed by atoms with E-state index in [-0.39, 0.29) is 145 Å². The molecule has 6 aromatic heterocycles. The zero-order valence-electron chi connectivity index (χ0n) is 60.5. The number of aromatic hydroxyl groups is 3. The van der Waals surface area contributed by atoms with Gasteiger partial charge in [0, 0.05) is 54.2 Å². The summed E-state index contributed by atoms with van der Waals surface area (Å²) in [5.41, 5.74) is 8.69. The van der Waals surface area contributed by atoms with Crippen molar-refractivity contribution in [2.75, 3.05) is 62.9 Å². The van der Waals surface area contributed by atoms with Gasteiger partial charge in [-0.3, -0.25) is 19.1 Å². The quantitative estimate of drug-likeness (QED) is 0.0288. The zero-order chi connectivity index (χ0) is 82.2. The van der Waals surface area contributed by atoms with Crippen LogP contribution >= 0.6 is 56.6 Å². The van der Waals surface area contributed by atoms with Crippen molar-refractivity contribution in [3.8, 4) is 49.0 Å². The van der Waals surface area contributed by atoms with Gasteiger partial charge < -0.3 is 48.1 Å². The van der Waals surface area contributed by atoms with E-state index in [0.717, 1.165) is 9.64 Å². The molecule has 0 bridgehead atoms. The van der Waals surface area contributed by atoms with Gasteiger partial charge in [0.2, 0.25) is 30.1 Å². The highest BCUT2D eigenvalue weighted by Crippen LogP contribution is 2.40. The van der Waals surface area contributed by atoms with Crippen LogP contribution in [0.15, 0.2) is 149 Å². The van der Waals surface area contributed by atoms with Gasteiger partial charge in [-0.2, -0.15) is 40.5 Å². The number of anilines is 5. The maximum absolute atomic E-state index is 13.4. The Morgan fingerprint density at radius 2 is 0.812 bits per heavy atom. The standard InChI is InChI=1S/2C22H26N6O6S3.C20H19IN4O4S2.C2H8N2O2S/c1-13(2)7-9-28-22(30)18(20(29)19(26-28)16-4-3-10-35-16)21-25-15-6-5-14(24-8-11-36(23,31)32)12-17(15)37(33,34)27-21;1-13(2)7-9-28-22(30)18(20(29)19(25-28)16-4-3-10-35-16)21-24-15-6-5-14(26-36(31,32)11-8-23)12-17(15)37(33,34)27-21;1-11(2)7-8-25-20(27)16(18(26)17(23-25)14-4-3-9-30-14)19-22-13-6-5-12(21)10-15(13)31(28,29)24-19;3-1-2-7(4,5)6/h3-6,10,12-13,24,29H,7-9,11H2,1-2H3,(H,25,27)(H2,23,31,32);3-6,10,12-13,26,29H,7-9,11,23H2,1-2H3,(H,24,27);3-6,9-11,26H,7-8H2,1-2H3,(H,22,24);1-3H2,(H2,4,5,6). The number of fused-ring (bicyclic) bond motifs is 3. The number of hydrogen-bond acceptors (Lipinski definition) is 30. The molecule has 36 nitrogen and oxygen atoms in total. The van der Waals surface area contributed by atoms with Crippen molar-refractivity contribution in [1.29, 1.82) is 0 Å². The van der Waals surface area contributed by atoms with Gasteiger partial charge in [0.1, 0.15) is 48.5 Å². The molecule has 0 amide bonds. The first-order valence-corrected chi connectivity index (χ1v) is 46.9. The van der Waals surface area contributed by atoms with E-state index >= 15 is 0 Å². The highest BCUT2D eigenvalue weighted by Gasteiger charge is 2.35. The topological polar surface area (TPSA) is 572 Å². The van der Waals surface area contributed by atoms with Crippen molar-refractivity contribution in [1.82, 2.24) is 29.3 Å². The maximum Gasteiger partial charge on any atom is 0.286 e. The molecule has 112 heavy (non-hydrogen) atoms. The lowest BCUT2D eigenvalue weighted by atomic mass is 10.1. The summed E-state index contributed by atoms with van der Waals surface area (Å²) in [6.45, 7) is 12.9. The Morgan fingerprint density at radius 3 is 1.12 bits per heavy atom. The molecule has 0 atom stereocenters. The third-order valence-electron chi connectivity index (χ3n) is 16.0. The Kier molecular flexibility index (Phi) is 28.0. The molecule has 3 aliphatic heterocycles. The molecule has 0 aliphatic carbocycles. The van der Waals surface area contributed by atoms with Crippen molar-refractivity contribution >= 4 is 163 Å². The SMILES string of the molecule is CC(C)CCn1nc(-c2cccs2)c(O)c(C2=NS(=O)(=O)c3cc(I)ccc3N2)c1=O.CC(C)CCn1nc(-c2cccs2)c(O)c(C2=NS(=O)(=O)c3cc(NCCS(N)(=O)=O)ccc3N2)c1=O.CC(C)CCn1nc(-c2cccs2)c(O)c(C2=NS(=O)(=O)c3cc(NS(=O)(=O)CCN)ccc3N2)c1=O.NCCS(N)(=O)=O. The minimum atomic E-state index is -4.38. The number of sulfonamides is 6. The van der Waals surface area contributed by atoms with Gasteiger partial charge in [-0.05, 0) is 149 Å². The number of amidine groups is 3. The van der Waals surface area contributed by atoms with Crippen LogP contribution in [0.5, 0.6) is 17.2 Å². The highest BCUT2D eigenvalue weighted by atomic mass is 127. The summed E-state index contributed by atoms with van der Waals surface area (Å²) >= 11 is 5.99. The van der Waals surface area contributed by atoms with Crippen LogP contribution < -0.4 is 64.4 Å². The van der Waals surface area contributed by atoms with E-state index in [1.807, 2.05) is 75.6 Å². The number of primary sulfonamides is 2. The van der Waals surface area contributed by atoms with Crippen LogP contribution in [0.2, 0.25) is 0 Å². The first-order valence-electron chi connectivity index (χ1n) is 33.7. The molecule has 0 unspecified atom stereocenters. The van der Waals surface area contributed by atoms with Crippen molar-refractivity contribution in [2.45, 2.75) is 95.1 Å². The lowest BCUT2D eigenvalue weighted by Gasteiger charge is -2.21. The maximum atomic E-state index is 13.4. The fourth-order valence-corrected chi connectivity index (χ4v) is 18.4. The third-order valence-corrected chi connectivity index (χ3v) is 26.2. The molecule has 12 rings (SSSR count). The molecule has 9 aromatic rings. The molecule has 3 aliphatic rings. The molecule has 0 fully saturated rings. The van der Waals surface area contributed by atoms with Gasteiger partial charge >= 0.3 is 0 Å². The number of aryl methyl sites for hydroxylation is 3. The second kappa shape index (κ2) is 36.1. The van der Waals surface area contributed by atoms with Gasteiger partial charge in [0.25, 0.3) is 46.7 Å². The number of halogens is 1. The zero-order valence-corrected chi connectivity index (χ0v) is 70.0. The Morgan fingerprint density at radius 1 is 0.482 bits per heavy atom. The predicted molar refractivity (Wildman–Crippen MR) is 443 cm³/mol. The van der Waals surface area contributed by atoms with Crippen LogP contribution in [0.1, 0.15) is 77.5 Å². The third kappa shape index (κ3) is 21.9. The molecule has 16 N–H and O–H groups in total. The van der Waals surface area contributed by atoms with Crippen LogP contribution in [0, 0.1) is 21.3 Å². The number of nitrogens with zero attached hydrogens (tertiary/aromatic N) is 9. The molecule has 602 valence electrons. The summed E-state index contributed by atoms with van der Waals surface area (Å²) in [4.78, 5) is 41.3. The Bertz CT molecular complexity index is 6040. The van der Waals surface area contributed by atoms with Crippen molar-refractivity contribution in [3.05, 3.63) is 158 Å². The van der Waals surface area contributed by atoms with E-state index in [0.29, 0.717) is 57.7 Å². The summed E-state index contributed by atoms with van der Waals surface area (Å²) in [6, 6.07) is 23.6. The van der Waals surface area contributed by atoms with Crippen molar-refractivity contribution < 1.29 is 65.8 Å². The van der Waals surface area contributed by atoms with Crippen molar-refractivity contribution in [2.24, 2.45) is 52.7 Å². The Hall–Kier alpha value is -8.92. The molecule has 3 aromatic carbocycles. The Balaban J connectivity index is 0.000000185. The molecule has 0 radical (unpaired) electrons. The van der Waals surface area contributed by atoms with E-state index in [1.165, 1.54) is 84.5 Å². The van der Waals surface area contributed by atoms with Gasteiger partial charge in [-0.25, -0.2) is 49.6 Å². The van der Waals surface area contributed by atoms with E-state index < -0.39 is 94.1 Å². The number of aromatic nitrogens is 6. The van der Waals surface area contributed by atoms with Crippen LogP contribution in [-0.4, -0.2) is 150 Å².